The van der Waals surface area contributed by atoms with E-state index in [1.54, 1.807) is 0 Å². The van der Waals surface area contributed by atoms with Gasteiger partial charge in [0.2, 0.25) is 0 Å². The van der Waals surface area contributed by atoms with Crippen molar-refractivity contribution in [1.82, 2.24) is 4.57 Å². The summed E-state index contributed by atoms with van der Waals surface area (Å²) < 4.78 is 16.3. The van der Waals surface area contributed by atoms with Crippen LogP contribution in [0.5, 0.6) is 17.2 Å². The van der Waals surface area contributed by atoms with Gasteiger partial charge in [0, 0.05) is 32.9 Å². The Morgan fingerprint density at radius 3 is 1.57 bits per heavy atom. The molecule has 10 aromatic carbocycles. The molecule has 2 aliphatic heterocycles. The molecule has 0 radical (unpaired) electrons. The highest BCUT2D eigenvalue weighted by Gasteiger charge is 2.44. The molecule has 0 unspecified atom stereocenters. The molecule has 11 aromatic rings. The van der Waals surface area contributed by atoms with Crippen molar-refractivity contribution in [1.29, 1.82) is 0 Å². The molecule has 13 rings (SSSR count). The maximum Gasteiger partial charge on any atom is 0.434 e. The summed E-state index contributed by atoms with van der Waals surface area (Å²) in [6.07, 6.45) is 0. The minimum Gasteiger partial charge on any atom is -0.551 e. The monoisotopic (exact) mass is 845 g/mol. The number of ether oxygens (including phenoxy) is 1. The van der Waals surface area contributed by atoms with E-state index in [9.17, 15) is 0 Å². The smallest absolute Gasteiger partial charge is 0.434 e. The van der Waals surface area contributed by atoms with Gasteiger partial charge in [-0.25, -0.2) is 0 Å². The van der Waals surface area contributed by atoms with Crippen LogP contribution in [0.15, 0.2) is 243 Å². The first-order valence-electron chi connectivity index (χ1n) is 22.4. The van der Waals surface area contributed by atoms with Gasteiger partial charge in [-0.2, -0.15) is 0 Å². The van der Waals surface area contributed by atoms with Crippen molar-refractivity contribution in [2.45, 2.75) is 0 Å². The topological polar surface area (TPSA) is 23.4 Å². The normalized spacial score (nSPS) is 12.5. The molecule has 0 saturated heterocycles. The number of rotatable bonds is 7. The lowest BCUT2D eigenvalue weighted by Gasteiger charge is -2.36. The van der Waals surface area contributed by atoms with Crippen molar-refractivity contribution in [3.05, 3.63) is 243 Å². The van der Waals surface area contributed by atoms with Crippen molar-refractivity contribution < 1.29 is 9.39 Å². The van der Waals surface area contributed by atoms with Crippen molar-refractivity contribution in [2.75, 3.05) is 0 Å². The largest absolute Gasteiger partial charge is 0.551 e. The SMILES string of the molecule is c1ccc([Si](c2ccccc2)(c2ccccc2)c2ccccc2-c2ccc3c(c2)OB2c4ccccc4Oc4cc(-c5ccc(-n6c7ccccc7c7ccccc76)cc5)cc-3c42)cc1. The first-order chi connectivity index (χ1) is 32.2. The predicted octanol–water partition coefficient (Wildman–Crippen LogP) is 10.8. The maximum atomic E-state index is 7.21. The Bertz CT molecular complexity index is 3460. The second kappa shape index (κ2) is 15.0. The van der Waals surface area contributed by atoms with Crippen LogP contribution in [0.4, 0.5) is 0 Å². The molecule has 0 bridgehead atoms. The molecule has 1 aromatic heterocycles. The van der Waals surface area contributed by atoms with E-state index in [0.717, 1.165) is 61.7 Å². The van der Waals surface area contributed by atoms with Crippen LogP contribution in [-0.4, -0.2) is 19.6 Å². The molecular formula is C60H40BNO2Si. The van der Waals surface area contributed by atoms with E-state index in [0.29, 0.717) is 0 Å². The molecule has 0 spiro atoms. The fourth-order valence-electron chi connectivity index (χ4n) is 10.8. The van der Waals surface area contributed by atoms with Crippen molar-refractivity contribution in [3.63, 3.8) is 0 Å². The molecule has 0 fully saturated rings. The summed E-state index contributed by atoms with van der Waals surface area (Å²) in [5.41, 5.74) is 12.4. The van der Waals surface area contributed by atoms with Crippen LogP contribution in [-0.2, 0) is 0 Å². The lowest BCUT2D eigenvalue weighted by molar-refractivity contribution is 0.479. The average molecular weight is 846 g/mol. The molecule has 0 N–H and O–H groups in total. The molecule has 304 valence electrons. The van der Waals surface area contributed by atoms with Crippen molar-refractivity contribution in [3.8, 4) is 56.3 Å². The van der Waals surface area contributed by atoms with Gasteiger partial charge in [-0.1, -0.05) is 194 Å². The summed E-state index contributed by atoms with van der Waals surface area (Å²) in [5, 5.41) is 7.88. The van der Waals surface area contributed by atoms with E-state index in [1.165, 1.54) is 48.1 Å². The Labute approximate surface area is 379 Å². The number of para-hydroxylation sites is 3. The summed E-state index contributed by atoms with van der Waals surface area (Å²) in [6.45, 7) is -0.318. The number of nitrogens with zero attached hydrogens (tertiary/aromatic N) is 1. The van der Waals surface area contributed by atoms with Gasteiger partial charge >= 0.3 is 6.92 Å². The third kappa shape index (κ3) is 5.83. The van der Waals surface area contributed by atoms with Gasteiger partial charge in [0.15, 0.2) is 8.07 Å². The zero-order chi connectivity index (χ0) is 42.9. The Hall–Kier alpha value is -8.12. The Kier molecular flexibility index (Phi) is 8.65. The second-order valence-corrected chi connectivity index (χ2v) is 20.9. The van der Waals surface area contributed by atoms with E-state index >= 15 is 0 Å². The molecule has 0 aliphatic carbocycles. The van der Waals surface area contributed by atoms with Gasteiger partial charge in [-0.05, 0) is 97.1 Å². The van der Waals surface area contributed by atoms with Gasteiger partial charge in [0.1, 0.15) is 17.2 Å². The lowest BCUT2D eigenvalue weighted by Crippen LogP contribution is -2.75. The Balaban J connectivity index is 0.971. The van der Waals surface area contributed by atoms with Gasteiger partial charge in [0.25, 0.3) is 0 Å². The summed E-state index contributed by atoms with van der Waals surface area (Å²) in [5.74, 6) is 2.52. The van der Waals surface area contributed by atoms with E-state index in [2.05, 4.69) is 241 Å². The third-order valence-corrected chi connectivity index (χ3v) is 18.5. The first-order valence-corrected chi connectivity index (χ1v) is 24.4. The molecule has 0 amide bonds. The standard InChI is InChI=1S/C60H40BNO2Si/c1-4-18-45(19-5-1)65(46-20-6-2-7-21-46,47-22-8-3-9-23-47)59-31-17-12-24-48(59)42-34-37-51-52-38-43(40-58-60(52)61(64-57(51)39-42)53-27-13-16-30-56(53)63-58)41-32-35-44(36-33-41)62-54-28-14-10-25-49(54)50-26-11-15-29-55(50)62/h1-40H. The Morgan fingerprint density at radius 2 is 0.908 bits per heavy atom. The minimum atomic E-state index is -2.84. The number of benzene rings is 10. The predicted molar refractivity (Wildman–Crippen MR) is 273 cm³/mol. The molecule has 3 nitrogen and oxygen atoms in total. The summed E-state index contributed by atoms with van der Waals surface area (Å²) in [4.78, 5) is 0. The molecule has 65 heavy (non-hydrogen) atoms. The van der Waals surface area contributed by atoms with Crippen LogP contribution in [0.25, 0.3) is 60.9 Å². The van der Waals surface area contributed by atoms with E-state index in [1.807, 2.05) is 6.07 Å². The quantitative estimate of drug-likeness (QED) is 0.118. The summed E-state index contributed by atoms with van der Waals surface area (Å²) in [7, 11) is -2.84. The van der Waals surface area contributed by atoms with Crippen LogP contribution in [0.3, 0.4) is 0 Å². The molecule has 0 saturated carbocycles. The van der Waals surface area contributed by atoms with Crippen molar-refractivity contribution in [2.24, 2.45) is 0 Å². The zero-order valence-corrected chi connectivity index (χ0v) is 36.4. The summed E-state index contributed by atoms with van der Waals surface area (Å²) >= 11 is 0. The first kappa shape index (κ1) is 37.4. The highest BCUT2D eigenvalue weighted by molar-refractivity contribution is 7.20. The zero-order valence-electron chi connectivity index (χ0n) is 35.4. The van der Waals surface area contributed by atoms with Crippen LogP contribution in [0, 0.1) is 0 Å². The van der Waals surface area contributed by atoms with Gasteiger partial charge in [-0.3, -0.25) is 0 Å². The van der Waals surface area contributed by atoms with Gasteiger partial charge < -0.3 is 14.0 Å². The average Bonchev–Trinajstić information content (AvgIpc) is 3.72. The van der Waals surface area contributed by atoms with Crippen LogP contribution in [0.2, 0.25) is 0 Å². The molecular weight excluding hydrogens is 806 g/mol. The van der Waals surface area contributed by atoms with Crippen molar-refractivity contribution >= 4 is 68.5 Å². The van der Waals surface area contributed by atoms with Crippen LogP contribution in [0.1, 0.15) is 0 Å². The molecule has 2 aliphatic rings. The van der Waals surface area contributed by atoms with E-state index < -0.39 is 8.07 Å². The fraction of sp³-hybridized carbons (Fsp3) is 0. The summed E-state index contributed by atoms with van der Waals surface area (Å²) in [6, 6.07) is 88.4. The number of aromatic nitrogens is 1. The second-order valence-electron chi connectivity index (χ2n) is 17.1. The highest BCUT2D eigenvalue weighted by atomic mass is 28.3. The fourth-order valence-corrected chi connectivity index (χ4v) is 15.8. The maximum absolute atomic E-state index is 7.21. The third-order valence-electron chi connectivity index (χ3n) is 13.6. The molecule has 5 heteroatoms. The van der Waals surface area contributed by atoms with Gasteiger partial charge in [0.05, 0.1) is 11.0 Å². The Morgan fingerprint density at radius 1 is 0.369 bits per heavy atom. The molecule has 0 atom stereocenters. The lowest BCUT2D eigenvalue weighted by atomic mass is 9.50. The van der Waals surface area contributed by atoms with Gasteiger partial charge in [-0.15, -0.1) is 0 Å². The van der Waals surface area contributed by atoms with E-state index in [-0.39, 0.29) is 6.92 Å². The highest BCUT2D eigenvalue weighted by Crippen LogP contribution is 2.43. The van der Waals surface area contributed by atoms with Crippen LogP contribution < -0.4 is 41.1 Å². The molecule has 3 heterocycles. The number of hydrogen-bond acceptors (Lipinski definition) is 2. The number of hydrogen-bond donors (Lipinski definition) is 0. The number of fused-ring (bicyclic) bond motifs is 7. The van der Waals surface area contributed by atoms with E-state index in [4.69, 9.17) is 9.39 Å². The minimum absolute atomic E-state index is 0.318. The van der Waals surface area contributed by atoms with Crippen LogP contribution >= 0.6 is 0 Å².